The Bertz CT molecular complexity index is 606. The summed E-state index contributed by atoms with van der Waals surface area (Å²) in [4.78, 5) is 9.98. The monoisotopic (exact) mass is 334 g/mol. The lowest BCUT2D eigenvalue weighted by atomic mass is 10.3. The average Bonchev–Trinajstić information content (AvgIpc) is 2.45. The Kier molecular flexibility index (Phi) is 6.40. The lowest BCUT2D eigenvalue weighted by Gasteiger charge is -2.16. The van der Waals surface area contributed by atoms with Crippen molar-refractivity contribution in [3.63, 3.8) is 0 Å². The van der Waals surface area contributed by atoms with Crippen LogP contribution >= 0.6 is 11.8 Å². The molecule has 0 amide bonds. The minimum atomic E-state index is -4.00. The Morgan fingerprint density at radius 2 is 2.14 bits per heavy atom. The summed E-state index contributed by atoms with van der Waals surface area (Å²) < 4.78 is 27.2. The second-order valence-electron chi connectivity index (χ2n) is 4.24. The van der Waals surface area contributed by atoms with Gasteiger partial charge in [-0.15, -0.1) is 0 Å². The van der Waals surface area contributed by atoms with Gasteiger partial charge in [-0.1, -0.05) is 13.0 Å². The van der Waals surface area contributed by atoms with E-state index in [4.69, 9.17) is 5.84 Å². The van der Waals surface area contributed by atoms with Crippen molar-refractivity contribution in [3.05, 3.63) is 28.3 Å². The lowest BCUT2D eigenvalue weighted by molar-refractivity contribution is -0.386. The predicted octanol–water partition coefficient (Wildman–Crippen LogP) is 1.30. The van der Waals surface area contributed by atoms with E-state index in [9.17, 15) is 18.5 Å². The maximum atomic E-state index is 12.4. The van der Waals surface area contributed by atoms with Gasteiger partial charge in [0.15, 0.2) is 4.90 Å². The lowest BCUT2D eigenvalue weighted by Crippen LogP contribution is -2.36. The van der Waals surface area contributed by atoms with E-state index >= 15 is 0 Å². The van der Waals surface area contributed by atoms with E-state index in [0.717, 1.165) is 0 Å². The van der Waals surface area contributed by atoms with Crippen LogP contribution in [0.3, 0.4) is 0 Å². The number of hydrogen-bond acceptors (Lipinski definition) is 7. The summed E-state index contributed by atoms with van der Waals surface area (Å²) in [7, 11) is -4.00. The number of nitrogens with two attached hydrogens (primary N) is 1. The van der Waals surface area contributed by atoms with Gasteiger partial charge in [-0.05, 0) is 24.8 Å². The third kappa shape index (κ3) is 4.30. The molecule has 4 N–H and O–H groups in total. The topological polar surface area (TPSA) is 127 Å². The molecular weight excluding hydrogens is 316 g/mol. The summed E-state index contributed by atoms with van der Waals surface area (Å²) in [5, 5.41) is 11.1. The van der Waals surface area contributed by atoms with Crippen LogP contribution in [0, 0.1) is 10.1 Å². The molecule has 8 nitrogen and oxygen atoms in total. The zero-order valence-electron chi connectivity index (χ0n) is 11.7. The second kappa shape index (κ2) is 7.59. The van der Waals surface area contributed by atoms with Gasteiger partial charge in [0.2, 0.25) is 10.0 Å². The number of anilines is 1. The van der Waals surface area contributed by atoms with Crippen LogP contribution < -0.4 is 16.0 Å². The van der Waals surface area contributed by atoms with Gasteiger partial charge in [0, 0.05) is 11.8 Å². The Labute approximate surface area is 127 Å². The minimum Gasteiger partial charge on any atom is -0.318 e. The summed E-state index contributed by atoms with van der Waals surface area (Å²) in [5.41, 5.74) is 1.53. The number of para-hydroxylation sites is 1. The number of nitro benzene ring substituents is 1. The maximum Gasteiger partial charge on any atom is 0.313 e. The summed E-state index contributed by atoms with van der Waals surface area (Å²) in [6.45, 7) is 1.84. The SMILES string of the molecule is CCC(CSC)NS(=O)(=O)c1cccc(NN)c1[N+](=O)[O-]. The van der Waals surface area contributed by atoms with Crippen molar-refractivity contribution in [3.8, 4) is 0 Å². The first-order valence-electron chi connectivity index (χ1n) is 6.12. The average molecular weight is 334 g/mol. The van der Waals surface area contributed by atoms with Crippen LogP contribution in [0.1, 0.15) is 13.3 Å². The zero-order chi connectivity index (χ0) is 16.0. The molecule has 1 atom stereocenters. The van der Waals surface area contributed by atoms with Crippen LogP contribution in [-0.2, 0) is 10.0 Å². The van der Waals surface area contributed by atoms with Gasteiger partial charge in [0.05, 0.1) is 4.92 Å². The van der Waals surface area contributed by atoms with Crippen molar-refractivity contribution in [2.75, 3.05) is 17.4 Å². The first kappa shape index (κ1) is 17.7. The number of nitrogen functional groups attached to an aromatic ring is 1. The highest BCUT2D eigenvalue weighted by molar-refractivity contribution is 7.98. The van der Waals surface area contributed by atoms with Gasteiger partial charge in [-0.2, -0.15) is 11.8 Å². The molecule has 0 aromatic heterocycles. The molecule has 0 aliphatic heterocycles. The maximum absolute atomic E-state index is 12.4. The standard InChI is InChI=1S/C11H18N4O4S2/c1-3-8(7-20-2)14-21(18,19)10-6-4-5-9(13-12)11(10)15(16)17/h4-6,8,13-14H,3,7,12H2,1-2H3. The van der Waals surface area contributed by atoms with Crippen LogP contribution in [0.4, 0.5) is 11.4 Å². The van der Waals surface area contributed by atoms with Gasteiger partial charge >= 0.3 is 5.69 Å². The number of hydrogen-bond donors (Lipinski definition) is 3. The number of hydrazine groups is 1. The molecule has 1 rings (SSSR count). The van der Waals surface area contributed by atoms with Crippen molar-refractivity contribution in [1.29, 1.82) is 0 Å². The Hall–Kier alpha value is -1.36. The molecule has 0 saturated heterocycles. The summed E-state index contributed by atoms with van der Waals surface area (Å²) in [6.07, 6.45) is 2.45. The van der Waals surface area contributed by atoms with Crippen LogP contribution in [0.2, 0.25) is 0 Å². The highest BCUT2D eigenvalue weighted by Gasteiger charge is 2.30. The fourth-order valence-electron chi connectivity index (χ4n) is 1.76. The molecule has 0 heterocycles. The number of thioether (sulfide) groups is 1. The molecule has 1 unspecified atom stereocenters. The number of nitrogens with one attached hydrogen (secondary N) is 2. The van der Waals surface area contributed by atoms with Gasteiger partial charge < -0.3 is 5.43 Å². The molecule has 1 aromatic rings. The first-order valence-corrected chi connectivity index (χ1v) is 9.00. The first-order chi connectivity index (χ1) is 9.87. The summed E-state index contributed by atoms with van der Waals surface area (Å²) in [6, 6.07) is 3.63. The predicted molar refractivity (Wildman–Crippen MR) is 83.7 cm³/mol. The van der Waals surface area contributed by atoms with Crippen LogP contribution in [0.15, 0.2) is 23.1 Å². The fourth-order valence-corrected chi connectivity index (χ4v) is 4.10. The molecule has 0 fully saturated rings. The summed E-state index contributed by atoms with van der Waals surface area (Å²) in [5.74, 6) is 5.78. The van der Waals surface area contributed by atoms with Gasteiger partial charge in [-0.25, -0.2) is 13.1 Å². The molecule has 0 radical (unpaired) electrons. The van der Waals surface area contributed by atoms with Crippen LogP contribution in [-0.4, -0.2) is 31.4 Å². The molecule has 21 heavy (non-hydrogen) atoms. The number of nitrogens with zero attached hydrogens (tertiary/aromatic N) is 1. The smallest absolute Gasteiger partial charge is 0.313 e. The van der Waals surface area contributed by atoms with E-state index in [1.165, 1.54) is 30.0 Å². The number of nitro groups is 1. The molecule has 10 heteroatoms. The Morgan fingerprint density at radius 1 is 1.48 bits per heavy atom. The van der Waals surface area contributed by atoms with Crippen molar-refractivity contribution >= 4 is 33.2 Å². The van der Waals surface area contributed by atoms with Crippen molar-refractivity contribution in [2.45, 2.75) is 24.3 Å². The van der Waals surface area contributed by atoms with E-state index in [-0.39, 0.29) is 11.7 Å². The quantitative estimate of drug-likeness (QED) is 0.371. The van der Waals surface area contributed by atoms with Gasteiger partial charge in [-0.3, -0.25) is 16.0 Å². The molecule has 0 aliphatic rings. The molecule has 118 valence electrons. The molecular formula is C11H18N4O4S2. The minimum absolute atomic E-state index is 0.0548. The molecule has 0 bridgehead atoms. The van der Waals surface area contributed by atoms with E-state index in [2.05, 4.69) is 10.1 Å². The van der Waals surface area contributed by atoms with Crippen molar-refractivity contribution in [1.82, 2.24) is 4.72 Å². The highest BCUT2D eigenvalue weighted by Crippen LogP contribution is 2.31. The summed E-state index contributed by atoms with van der Waals surface area (Å²) >= 11 is 1.50. The normalized spacial score (nSPS) is 12.9. The number of benzene rings is 1. The fraction of sp³-hybridized carbons (Fsp3) is 0.455. The van der Waals surface area contributed by atoms with Gasteiger partial charge in [0.1, 0.15) is 5.69 Å². The van der Waals surface area contributed by atoms with Crippen molar-refractivity contribution < 1.29 is 13.3 Å². The van der Waals surface area contributed by atoms with E-state index in [0.29, 0.717) is 12.2 Å². The third-order valence-electron chi connectivity index (χ3n) is 2.81. The van der Waals surface area contributed by atoms with Gasteiger partial charge in [0.25, 0.3) is 0 Å². The largest absolute Gasteiger partial charge is 0.318 e. The van der Waals surface area contributed by atoms with Crippen LogP contribution in [0.25, 0.3) is 0 Å². The Balaban J connectivity index is 3.28. The van der Waals surface area contributed by atoms with E-state index < -0.39 is 25.5 Å². The third-order valence-corrected chi connectivity index (χ3v) is 5.10. The van der Waals surface area contributed by atoms with E-state index in [1.54, 1.807) is 0 Å². The van der Waals surface area contributed by atoms with Crippen molar-refractivity contribution in [2.24, 2.45) is 5.84 Å². The second-order valence-corrected chi connectivity index (χ2v) is 6.83. The molecule has 0 aliphatic carbocycles. The highest BCUT2D eigenvalue weighted by atomic mass is 32.2. The Morgan fingerprint density at radius 3 is 2.62 bits per heavy atom. The van der Waals surface area contributed by atoms with Crippen LogP contribution in [0.5, 0.6) is 0 Å². The zero-order valence-corrected chi connectivity index (χ0v) is 13.3. The number of rotatable bonds is 8. The molecule has 0 saturated carbocycles. The molecule has 0 spiro atoms. The van der Waals surface area contributed by atoms with E-state index in [1.807, 2.05) is 13.2 Å². The number of sulfonamides is 1. The molecule has 1 aromatic carbocycles.